The second-order valence-corrected chi connectivity index (χ2v) is 11.2. The van der Waals surface area contributed by atoms with Crippen LogP contribution in [0.1, 0.15) is 54.2 Å². The SMILES string of the molecule is CC.CC.CC(C)(C)c1cc(NC=O)no1.CNc1ccc(-c2csc3nc(OCCN4CCNCC4)ccc3nc[nH]2)cc1. The molecule has 1 aliphatic heterocycles. The molecule has 4 aromatic rings. The Morgan fingerprint density at radius 3 is 2.40 bits per heavy atom. The number of benzene rings is 1. The first kappa shape index (κ1) is 37.2. The van der Waals surface area contributed by atoms with Gasteiger partial charge in [0.25, 0.3) is 0 Å². The average Bonchev–Trinajstić information content (AvgIpc) is 3.55. The third-order valence-electron chi connectivity index (χ3n) is 6.33. The molecule has 0 unspecified atom stereocenters. The van der Waals surface area contributed by atoms with Gasteiger partial charge >= 0.3 is 0 Å². The van der Waals surface area contributed by atoms with E-state index in [4.69, 9.17) is 9.26 Å². The first-order chi connectivity index (χ1) is 21.9. The van der Waals surface area contributed by atoms with E-state index in [1.807, 2.05) is 67.6 Å². The van der Waals surface area contributed by atoms with E-state index >= 15 is 0 Å². The molecule has 1 aromatic carbocycles. The molecule has 0 spiro atoms. The first-order valence-corrected chi connectivity index (χ1v) is 16.4. The van der Waals surface area contributed by atoms with Crippen LogP contribution < -0.4 is 20.7 Å². The molecule has 3 aromatic heterocycles. The van der Waals surface area contributed by atoms with Gasteiger partial charge in [-0.3, -0.25) is 9.69 Å². The maximum Gasteiger partial charge on any atom is 0.214 e. The molecule has 5 rings (SSSR count). The second-order valence-electron chi connectivity index (χ2n) is 10.4. The number of pyridine rings is 1. The van der Waals surface area contributed by atoms with Gasteiger partial charge in [0.15, 0.2) is 5.82 Å². The first-order valence-electron chi connectivity index (χ1n) is 15.5. The average molecular weight is 639 g/mol. The highest BCUT2D eigenvalue weighted by atomic mass is 32.1. The summed E-state index contributed by atoms with van der Waals surface area (Å²) in [5, 5.41) is 14.6. The molecule has 45 heavy (non-hydrogen) atoms. The van der Waals surface area contributed by atoms with Crippen LogP contribution in [0.3, 0.4) is 0 Å². The molecule has 0 bridgehead atoms. The zero-order valence-corrected chi connectivity index (χ0v) is 28.8. The molecule has 0 radical (unpaired) electrons. The summed E-state index contributed by atoms with van der Waals surface area (Å²) in [5.41, 5.74) is 3.91. The van der Waals surface area contributed by atoms with Gasteiger partial charge in [0, 0.05) is 68.4 Å². The molecule has 1 amide bonds. The fourth-order valence-corrected chi connectivity index (χ4v) is 4.76. The van der Waals surface area contributed by atoms with E-state index in [9.17, 15) is 4.79 Å². The number of aromatic nitrogens is 4. The molecule has 11 nitrogen and oxygen atoms in total. The van der Waals surface area contributed by atoms with E-state index < -0.39 is 0 Å². The molecular formula is C33H50N8O3S. The van der Waals surface area contributed by atoms with Gasteiger partial charge in [-0.15, -0.1) is 11.3 Å². The highest BCUT2D eigenvalue weighted by Crippen LogP contribution is 2.24. The summed E-state index contributed by atoms with van der Waals surface area (Å²) in [6.07, 6.45) is 2.28. The lowest BCUT2D eigenvalue weighted by atomic mass is 9.93. The lowest BCUT2D eigenvalue weighted by Gasteiger charge is -2.26. The molecule has 4 heterocycles. The lowest BCUT2D eigenvalue weighted by Crippen LogP contribution is -2.44. The summed E-state index contributed by atoms with van der Waals surface area (Å²) in [6.45, 7) is 19.8. The number of carbonyl (C=O) groups is 1. The van der Waals surface area contributed by atoms with Crippen LogP contribution in [-0.4, -0.2) is 77.8 Å². The summed E-state index contributed by atoms with van der Waals surface area (Å²) in [4.78, 5) is 25.7. The molecule has 0 aliphatic carbocycles. The molecule has 1 fully saturated rings. The molecule has 0 saturated carbocycles. The Hall–Kier alpha value is -4.00. The Kier molecular flexibility index (Phi) is 16.6. The Balaban J connectivity index is 0.000000370. The zero-order chi connectivity index (χ0) is 33.1. The molecule has 4 N–H and O–H groups in total. The van der Waals surface area contributed by atoms with Crippen LogP contribution in [0.4, 0.5) is 11.5 Å². The van der Waals surface area contributed by atoms with E-state index in [0.717, 1.165) is 65.8 Å². The molecule has 1 saturated heterocycles. The van der Waals surface area contributed by atoms with Crippen LogP contribution >= 0.6 is 11.3 Å². The number of anilines is 2. The summed E-state index contributed by atoms with van der Waals surface area (Å²) >= 11 is 1.55. The number of carbonyl (C=O) groups excluding carboxylic acids is 1. The van der Waals surface area contributed by atoms with Crippen LogP contribution in [0.5, 0.6) is 5.88 Å². The fourth-order valence-electron chi connectivity index (χ4n) is 3.94. The minimum atomic E-state index is -0.0736. The number of fused-ring (bicyclic) bond motifs is 1. The van der Waals surface area contributed by atoms with Gasteiger partial charge in [-0.1, -0.05) is 65.8 Å². The predicted octanol–water partition coefficient (Wildman–Crippen LogP) is 6.73. The maximum atomic E-state index is 10.0. The maximum absolute atomic E-state index is 10.0. The van der Waals surface area contributed by atoms with Crippen LogP contribution in [0, 0.1) is 0 Å². The Bertz CT molecular complexity index is 1440. The number of ether oxygens (including phenoxy) is 1. The van der Waals surface area contributed by atoms with Crippen LogP contribution in [0.15, 0.2) is 58.7 Å². The van der Waals surface area contributed by atoms with E-state index in [1.54, 1.807) is 23.7 Å². The largest absolute Gasteiger partial charge is 0.476 e. The number of hydrogen-bond donors (Lipinski definition) is 4. The highest BCUT2D eigenvalue weighted by Gasteiger charge is 2.19. The van der Waals surface area contributed by atoms with Crippen LogP contribution in [-0.2, 0) is 10.2 Å². The van der Waals surface area contributed by atoms with Gasteiger partial charge in [0.05, 0.1) is 12.0 Å². The van der Waals surface area contributed by atoms with Crippen molar-refractivity contribution in [3.8, 4) is 17.1 Å². The fraction of sp³-hybridized carbons (Fsp3) is 0.455. The number of H-pyrrole nitrogens is 1. The van der Waals surface area contributed by atoms with Crippen molar-refractivity contribution in [2.75, 3.05) is 57.0 Å². The number of piperazine rings is 1. The lowest BCUT2D eigenvalue weighted by molar-refractivity contribution is -0.105. The third-order valence-corrected chi connectivity index (χ3v) is 7.21. The van der Waals surface area contributed by atoms with Crippen LogP contribution in [0.2, 0.25) is 0 Å². The van der Waals surface area contributed by atoms with Crippen molar-refractivity contribution in [3.63, 3.8) is 0 Å². The standard InChI is InChI=1S/C21H26N6OS.C8H12N2O2.2C2H6/c1-22-17-4-2-16(3-5-17)19-14-29-21-18(24-15-25-19)6-7-20(26-21)28-13-12-27-10-8-23-9-11-27;1-8(2,3)6-4-7(9-5-11)10-12-6;2*1-2/h2-7,14-15,22-23H,8-13H2,1H3,(H,24,25);4-5H,1-3H3,(H,9,10,11);2*1-2H3. The Morgan fingerprint density at radius 2 is 1.78 bits per heavy atom. The number of rotatable bonds is 8. The van der Waals surface area contributed by atoms with E-state index in [-0.39, 0.29) is 5.41 Å². The van der Waals surface area contributed by atoms with Crippen molar-refractivity contribution < 1.29 is 14.1 Å². The topological polar surface area (TPSA) is 133 Å². The van der Waals surface area contributed by atoms with Crippen molar-refractivity contribution >= 4 is 39.6 Å². The molecule has 1 aliphatic rings. The molecule has 12 heteroatoms. The van der Waals surface area contributed by atoms with Crippen molar-refractivity contribution in [3.05, 3.63) is 59.9 Å². The number of nitrogens with zero attached hydrogens (tertiary/aromatic N) is 4. The van der Waals surface area contributed by atoms with Gasteiger partial charge in [0.1, 0.15) is 22.7 Å². The minimum Gasteiger partial charge on any atom is -0.476 e. The Labute approximate surface area is 271 Å². The van der Waals surface area contributed by atoms with Gasteiger partial charge in [-0.2, -0.15) is 0 Å². The molecule has 0 atom stereocenters. The van der Waals surface area contributed by atoms with Crippen molar-refractivity contribution in [1.29, 1.82) is 0 Å². The molecular weight excluding hydrogens is 588 g/mol. The monoisotopic (exact) mass is 638 g/mol. The van der Waals surface area contributed by atoms with E-state index in [2.05, 4.69) is 70.6 Å². The highest BCUT2D eigenvalue weighted by molar-refractivity contribution is 7.16. The van der Waals surface area contributed by atoms with Gasteiger partial charge in [0.2, 0.25) is 12.3 Å². The van der Waals surface area contributed by atoms with Gasteiger partial charge in [-0.25, -0.2) is 9.97 Å². The van der Waals surface area contributed by atoms with Crippen molar-refractivity contribution in [2.45, 2.75) is 53.9 Å². The zero-order valence-electron chi connectivity index (χ0n) is 27.9. The number of amides is 1. The third kappa shape index (κ3) is 12.5. The van der Waals surface area contributed by atoms with E-state index in [0.29, 0.717) is 24.7 Å². The summed E-state index contributed by atoms with van der Waals surface area (Å²) in [5.74, 6) is 1.85. The number of hydrogen-bond acceptors (Lipinski definition) is 10. The molecule has 246 valence electrons. The predicted molar refractivity (Wildman–Crippen MR) is 187 cm³/mol. The van der Waals surface area contributed by atoms with Crippen molar-refractivity contribution in [1.82, 2.24) is 30.3 Å². The summed E-state index contributed by atoms with van der Waals surface area (Å²) < 4.78 is 10.9. The minimum absolute atomic E-state index is 0.0736. The normalized spacial score (nSPS) is 12.6. The number of aromatic amines is 1. The van der Waals surface area contributed by atoms with E-state index in [1.165, 1.54) is 0 Å². The second kappa shape index (κ2) is 20.1. The smallest absolute Gasteiger partial charge is 0.214 e. The van der Waals surface area contributed by atoms with Crippen LogP contribution in [0.25, 0.3) is 21.6 Å². The van der Waals surface area contributed by atoms with Gasteiger partial charge < -0.3 is 30.2 Å². The Morgan fingerprint density at radius 1 is 1.07 bits per heavy atom. The van der Waals surface area contributed by atoms with Crippen molar-refractivity contribution in [2.24, 2.45) is 0 Å². The summed E-state index contributed by atoms with van der Waals surface area (Å²) in [7, 11) is 1.91. The summed E-state index contributed by atoms with van der Waals surface area (Å²) in [6, 6.07) is 13.8. The van der Waals surface area contributed by atoms with Gasteiger partial charge in [-0.05, 0) is 23.8 Å². The quantitative estimate of drug-likeness (QED) is 0.155. The number of nitrogens with one attached hydrogen (secondary N) is 4.